The second kappa shape index (κ2) is 4.42. The molecule has 4 nitrogen and oxygen atoms in total. The smallest absolute Gasteiger partial charge is 0.164 e. The molecule has 0 aliphatic rings. The predicted molar refractivity (Wildman–Crippen MR) is 58.5 cm³/mol. The molecule has 0 radical (unpaired) electrons. The molecule has 0 aliphatic heterocycles. The molecule has 2 aromatic rings. The zero-order valence-corrected chi connectivity index (χ0v) is 8.85. The van der Waals surface area contributed by atoms with Crippen LogP contribution in [0.5, 0.6) is 0 Å². The Morgan fingerprint density at radius 2 is 2.27 bits per heavy atom. The first kappa shape index (κ1) is 10.1. The van der Waals surface area contributed by atoms with Crippen LogP contribution in [0.25, 0.3) is 0 Å². The molecule has 15 heavy (non-hydrogen) atoms. The van der Waals surface area contributed by atoms with Gasteiger partial charge < -0.3 is 5.73 Å². The lowest BCUT2D eigenvalue weighted by molar-refractivity contribution is 0.672. The fraction of sp³-hybridized carbons (Fsp3) is 0.200. The van der Waals surface area contributed by atoms with Crippen LogP contribution in [0.15, 0.2) is 30.6 Å². The largest absolute Gasteiger partial charge is 0.324 e. The Hall–Kier alpha value is -1.39. The Bertz CT molecular complexity index is 452. The molecule has 0 unspecified atom stereocenters. The molecule has 1 aromatic carbocycles. The van der Waals surface area contributed by atoms with Crippen molar-refractivity contribution in [2.75, 3.05) is 0 Å². The third kappa shape index (κ3) is 2.55. The Morgan fingerprint density at radius 1 is 1.40 bits per heavy atom. The molecule has 1 aromatic heterocycles. The first-order chi connectivity index (χ1) is 7.28. The van der Waals surface area contributed by atoms with Gasteiger partial charge in [0.25, 0.3) is 0 Å². The van der Waals surface area contributed by atoms with E-state index in [0.29, 0.717) is 18.9 Å². The van der Waals surface area contributed by atoms with E-state index in [-0.39, 0.29) is 0 Å². The minimum atomic E-state index is 0.364. The molecule has 0 fully saturated rings. The number of halogens is 1. The lowest BCUT2D eigenvalue weighted by atomic mass is 10.2. The summed E-state index contributed by atoms with van der Waals surface area (Å²) < 4.78 is 1.74. The topological polar surface area (TPSA) is 56.7 Å². The zero-order chi connectivity index (χ0) is 10.7. The predicted octanol–water partition coefficient (Wildman–Crippen LogP) is 1.44. The number of hydrogen-bond acceptors (Lipinski definition) is 3. The summed E-state index contributed by atoms with van der Waals surface area (Å²) in [5, 5.41) is 4.92. The van der Waals surface area contributed by atoms with Crippen LogP contribution in [-0.4, -0.2) is 14.8 Å². The molecule has 0 atom stereocenters. The summed E-state index contributed by atoms with van der Waals surface area (Å²) in [5.41, 5.74) is 6.51. The van der Waals surface area contributed by atoms with Crippen LogP contribution >= 0.6 is 11.6 Å². The van der Waals surface area contributed by atoms with Gasteiger partial charge in [-0.3, -0.25) is 0 Å². The van der Waals surface area contributed by atoms with Crippen molar-refractivity contribution in [1.82, 2.24) is 14.8 Å². The number of benzene rings is 1. The molecule has 78 valence electrons. The van der Waals surface area contributed by atoms with E-state index >= 15 is 0 Å². The van der Waals surface area contributed by atoms with Gasteiger partial charge in [-0.1, -0.05) is 23.7 Å². The van der Waals surface area contributed by atoms with Crippen LogP contribution in [0.4, 0.5) is 0 Å². The highest BCUT2D eigenvalue weighted by Crippen LogP contribution is 2.11. The van der Waals surface area contributed by atoms with Gasteiger partial charge in [-0.25, -0.2) is 9.67 Å². The molecule has 5 heteroatoms. The van der Waals surface area contributed by atoms with Crippen LogP contribution in [0.2, 0.25) is 5.02 Å². The number of hydrogen-bond donors (Lipinski definition) is 1. The summed E-state index contributed by atoms with van der Waals surface area (Å²) in [4.78, 5) is 4.05. The maximum absolute atomic E-state index is 5.88. The summed E-state index contributed by atoms with van der Waals surface area (Å²) in [6.07, 6.45) is 1.67. The van der Waals surface area contributed by atoms with E-state index in [1.165, 1.54) is 0 Å². The molecule has 0 spiro atoms. The summed E-state index contributed by atoms with van der Waals surface area (Å²) >= 11 is 5.88. The van der Waals surface area contributed by atoms with Gasteiger partial charge >= 0.3 is 0 Å². The van der Waals surface area contributed by atoms with Crippen LogP contribution in [0.1, 0.15) is 11.4 Å². The number of nitrogens with two attached hydrogens (primary N) is 1. The molecule has 1 heterocycles. The van der Waals surface area contributed by atoms with Crippen molar-refractivity contribution in [3.63, 3.8) is 0 Å². The van der Waals surface area contributed by atoms with E-state index < -0.39 is 0 Å². The first-order valence-electron chi connectivity index (χ1n) is 4.61. The van der Waals surface area contributed by atoms with Crippen molar-refractivity contribution in [1.29, 1.82) is 0 Å². The summed E-state index contributed by atoms with van der Waals surface area (Å²) in [6.45, 7) is 1.02. The fourth-order valence-electron chi connectivity index (χ4n) is 1.33. The third-order valence-corrected chi connectivity index (χ3v) is 2.24. The van der Waals surface area contributed by atoms with E-state index in [0.717, 1.165) is 10.6 Å². The lowest BCUT2D eigenvalue weighted by Crippen LogP contribution is -2.03. The highest BCUT2D eigenvalue weighted by Gasteiger charge is 1.99. The zero-order valence-electron chi connectivity index (χ0n) is 8.10. The number of rotatable bonds is 3. The molecule has 0 saturated heterocycles. The van der Waals surface area contributed by atoms with Crippen LogP contribution in [0, 0.1) is 0 Å². The first-order valence-corrected chi connectivity index (χ1v) is 4.98. The third-order valence-electron chi connectivity index (χ3n) is 2.00. The Labute approximate surface area is 92.7 Å². The Morgan fingerprint density at radius 3 is 2.93 bits per heavy atom. The van der Waals surface area contributed by atoms with Crippen molar-refractivity contribution in [3.8, 4) is 0 Å². The van der Waals surface area contributed by atoms with E-state index in [2.05, 4.69) is 10.1 Å². The summed E-state index contributed by atoms with van der Waals surface area (Å²) in [6, 6.07) is 7.66. The van der Waals surface area contributed by atoms with Gasteiger partial charge in [0, 0.05) is 5.02 Å². The van der Waals surface area contributed by atoms with E-state index in [1.54, 1.807) is 11.0 Å². The van der Waals surface area contributed by atoms with Crippen LogP contribution in [0.3, 0.4) is 0 Å². The lowest BCUT2D eigenvalue weighted by Gasteiger charge is -2.01. The standard InChI is InChI=1S/C10H11ClN4/c11-9-3-1-2-8(4-9)6-15-7-13-10(5-12)14-15/h1-4,7H,5-6,12H2. The van der Waals surface area contributed by atoms with Crippen molar-refractivity contribution in [2.45, 2.75) is 13.1 Å². The minimum Gasteiger partial charge on any atom is -0.324 e. The van der Waals surface area contributed by atoms with Crippen LogP contribution in [-0.2, 0) is 13.1 Å². The average molecular weight is 223 g/mol. The van der Waals surface area contributed by atoms with E-state index in [1.807, 2.05) is 24.3 Å². The maximum atomic E-state index is 5.88. The van der Waals surface area contributed by atoms with Gasteiger partial charge in [0.1, 0.15) is 6.33 Å². The number of nitrogens with zero attached hydrogens (tertiary/aromatic N) is 3. The Kier molecular flexibility index (Phi) is 2.99. The minimum absolute atomic E-state index is 0.364. The van der Waals surface area contributed by atoms with Crippen molar-refractivity contribution >= 4 is 11.6 Å². The molecule has 2 N–H and O–H groups in total. The summed E-state index contributed by atoms with van der Waals surface area (Å²) in [5.74, 6) is 0.650. The second-order valence-electron chi connectivity index (χ2n) is 3.19. The fourth-order valence-corrected chi connectivity index (χ4v) is 1.54. The second-order valence-corrected chi connectivity index (χ2v) is 3.63. The highest BCUT2D eigenvalue weighted by molar-refractivity contribution is 6.30. The molecule has 0 saturated carbocycles. The molecular weight excluding hydrogens is 212 g/mol. The monoisotopic (exact) mass is 222 g/mol. The SMILES string of the molecule is NCc1ncn(Cc2cccc(Cl)c2)n1. The quantitative estimate of drug-likeness (QED) is 0.855. The Balaban J connectivity index is 2.14. The van der Waals surface area contributed by atoms with Crippen molar-refractivity contribution < 1.29 is 0 Å². The molecule has 0 aliphatic carbocycles. The molecular formula is C10H11ClN4. The van der Waals surface area contributed by atoms with Gasteiger partial charge in [0.2, 0.25) is 0 Å². The number of aromatic nitrogens is 3. The van der Waals surface area contributed by atoms with Crippen LogP contribution < -0.4 is 5.73 Å². The van der Waals surface area contributed by atoms with Gasteiger partial charge in [0.05, 0.1) is 13.1 Å². The highest BCUT2D eigenvalue weighted by atomic mass is 35.5. The van der Waals surface area contributed by atoms with Crippen molar-refractivity contribution in [2.24, 2.45) is 5.73 Å². The normalized spacial score (nSPS) is 10.5. The molecule has 0 bridgehead atoms. The van der Waals surface area contributed by atoms with Crippen molar-refractivity contribution in [3.05, 3.63) is 47.0 Å². The molecule has 0 amide bonds. The average Bonchev–Trinajstić information content (AvgIpc) is 2.65. The maximum Gasteiger partial charge on any atom is 0.164 e. The van der Waals surface area contributed by atoms with E-state index in [9.17, 15) is 0 Å². The van der Waals surface area contributed by atoms with E-state index in [4.69, 9.17) is 17.3 Å². The van der Waals surface area contributed by atoms with Gasteiger partial charge in [-0.15, -0.1) is 0 Å². The van der Waals surface area contributed by atoms with Gasteiger partial charge in [0.15, 0.2) is 5.82 Å². The summed E-state index contributed by atoms with van der Waals surface area (Å²) in [7, 11) is 0. The van der Waals surface area contributed by atoms with Gasteiger partial charge in [-0.05, 0) is 17.7 Å². The van der Waals surface area contributed by atoms with Gasteiger partial charge in [-0.2, -0.15) is 5.10 Å². The molecule has 2 rings (SSSR count).